The van der Waals surface area contributed by atoms with Gasteiger partial charge in [0.05, 0.1) is 17.7 Å². The van der Waals surface area contributed by atoms with Crippen molar-refractivity contribution in [3.8, 4) is 5.75 Å². The number of anilines is 2. The first kappa shape index (κ1) is 25.0. The highest BCUT2D eigenvalue weighted by atomic mass is 19.1. The smallest absolute Gasteiger partial charge is 0.300 e. The average Bonchev–Trinajstić information content (AvgIpc) is 3.11. The SMILES string of the molecule is Cc1cc(/C(O)=C2/C(=O)C(=O)N(c3ccc(OC(C)C)cc3)C2c2ccc(N(C)C)cc2)ccc1F. The van der Waals surface area contributed by atoms with Crippen molar-refractivity contribution in [3.63, 3.8) is 0 Å². The molecule has 186 valence electrons. The first-order valence-electron chi connectivity index (χ1n) is 11.7. The third kappa shape index (κ3) is 4.69. The molecule has 0 saturated carbocycles. The Morgan fingerprint density at radius 1 is 1.00 bits per heavy atom. The van der Waals surface area contributed by atoms with Crippen molar-refractivity contribution in [3.05, 3.63) is 94.8 Å². The highest BCUT2D eigenvalue weighted by molar-refractivity contribution is 6.51. The number of amides is 1. The molecule has 1 unspecified atom stereocenters. The van der Waals surface area contributed by atoms with Crippen molar-refractivity contribution in [1.82, 2.24) is 0 Å². The highest BCUT2D eigenvalue weighted by Crippen LogP contribution is 2.43. The second kappa shape index (κ2) is 9.85. The number of carbonyl (C=O) groups excluding carboxylic acids is 2. The molecule has 0 radical (unpaired) electrons. The molecule has 0 spiro atoms. The van der Waals surface area contributed by atoms with E-state index in [-0.39, 0.29) is 23.0 Å². The molecule has 1 saturated heterocycles. The van der Waals surface area contributed by atoms with Crippen LogP contribution >= 0.6 is 0 Å². The number of aryl methyl sites for hydroxylation is 1. The standard InChI is InChI=1S/C29H29FN2O4/c1-17(2)36-23-13-11-22(12-14-23)32-26(19-6-9-21(10-7-19)31(4)5)25(28(34)29(32)35)27(33)20-8-15-24(30)18(3)16-20/h6-17,26,33H,1-5H3/b27-25-. The van der Waals surface area contributed by atoms with Crippen LogP contribution in [0.5, 0.6) is 5.75 Å². The monoisotopic (exact) mass is 488 g/mol. The van der Waals surface area contributed by atoms with Gasteiger partial charge in [0.1, 0.15) is 17.3 Å². The van der Waals surface area contributed by atoms with E-state index in [0.29, 0.717) is 22.6 Å². The Labute approximate surface area is 210 Å². The van der Waals surface area contributed by atoms with E-state index in [2.05, 4.69) is 0 Å². The maximum Gasteiger partial charge on any atom is 0.300 e. The number of hydrogen-bond acceptors (Lipinski definition) is 5. The number of ether oxygens (including phenoxy) is 1. The molecular weight excluding hydrogens is 459 g/mol. The van der Waals surface area contributed by atoms with Gasteiger partial charge in [-0.3, -0.25) is 14.5 Å². The van der Waals surface area contributed by atoms with Crippen LogP contribution < -0.4 is 14.5 Å². The maximum atomic E-state index is 13.9. The molecule has 1 N–H and O–H groups in total. The van der Waals surface area contributed by atoms with Crippen LogP contribution in [0.4, 0.5) is 15.8 Å². The number of rotatable bonds is 6. The van der Waals surface area contributed by atoms with Gasteiger partial charge in [-0.25, -0.2) is 4.39 Å². The van der Waals surface area contributed by atoms with E-state index in [1.165, 1.54) is 23.1 Å². The Kier molecular flexibility index (Phi) is 6.84. The Bertz CT molecular complexity index is 1330. The van der Waals surface area contributed by atoms with E-state index in [4.69, 9.17) is 4.74 Å². The predicted octanol–water partition coefficient (Wildman–Crippen LogP) is 5.61. The van der Waals surface area contributed by atoms with Crippen molar-refractivity contribution < 1.29 is 23.8 Å². The quantitative estimate of drug-likeness (QED) is 0.277. The fourth-order valence-electron chi connectivity index (χ4n) is 4.27. The first-order chi connectivity index (χ1) is 17.1. The van der Waals surface area contributed by atoms with Gasteiger partial charge in [-0.05, 0) is 86.5 Å². The molecule has 3 aromatic carbocycles. The van der Waals surface area contributed by atoms with Gasteiger partial charge in [-0.2, -0.15) is 0 Å². The normalized spacial score (nSPS) is 17.1. The van der Waals surface area contributed by atoms with Crippen LogP contribution in [0.1, 0.15) is 36.6 Å². The van der Waals surface area contributed by atoms with Gasteiger partial charge in [0, 0.05) is 31.0 Å². The number of aliphatic hydroxyl groups excluding tert-OH is 1. The molecule has 0 aliphatic carbocycles. The number of carbonyl (C=O) groups is 2. The lowest BCUT2D eigenvalue weighted by Gasteiger charge is -2.26. The molecule has 36 heavy (non-hydrogen) atoms. The minimum absolute atomic E-state index is 0.0144. The summed E-state index contributed by atoms with van der Waals surface area (Å²) in [5, 5.41) is 11.2. The average molecular weight is 489 g/mol. The number of halogens is 1. The zero-order valence-corrected chi connectivity index (χ0v) is 20.9. The van der Waals surface area contributed by atoms with Gasteiger partial charge >= 0.3 is 0 Å². The zero-order valence-electron chi connectivity index (χ0n) is 20.9. The minimum atomic E-state index is -0.872. The molecule has 0 aromatic heterocycles. The van der Waals surface area contributed by atoms with Gasteiger partial charge in [-0.15, -0.1) is 0 Å². The fourth-order valence-corrected chi connectivity index (χ4v) is 4.27. The lowest BCUT2D eigenvalue weighted by atomic mass is 9.94. The number of ketones is 1. The summed E-state index contributed by atoms with van der Waals surface area (Å²) in [5.41, 5.74) is 2.63. The van der Waals surface area contributed by atoms with E-state index in [1.54, 1.807) is 31.2 Å². The summed E-state index contributed by atoms with van der Waals surface area (Å²) in [6, 6.07) is 17.6. The molecule has 0 bridgehead atoms. The van der Waals surface area contributed by atoms with Crippen LogP contribution in [-0.4, -0.2) is 37.0 Å². The number of nitrogens with zero attached hydrogens (tertiary/aromatic N) is 2. The van der Waals surface area contributed by atoms with Crippen LogP contribution in [0.3, 0.4) is 0 Å². The summed E-state index contributed by atoms with van der Waals surface area (Å²) >= 11 is 0. The van der Waals surface area contributed by atoms with Crippen molar-refractivity contribution in [2.75, 3.05) is 23.9 Å². The summed E-state index contributed by atoms with van der Waals surface area (Å²) in [6.07, 6.45) is -0.0144. The van der Waals surface area contributed by atoms with E-state index in [9.17, 15) is 19.1 Å². The molecule has 1 aliphatic heterocycles. The molecule has 1 amide bonds. The van der Waals surface area contributed by atoms with E-state index in [0.717, 1.165) is 5.69 Å². The topological polar surface area (TPSA) is 70.1 Å². The molecule has 4 rings (SSSR count). The van der Waals surface area contributed by atoms with Crippen molar-refractivity contribution in [2.45, 2.75) is 32.9 Å². The predicted molar refractivity (Wildman–Crippen MR) is 139 cm³/mol. The Hall–Kier alpha value is -4.13. The molecule has 6 nitrogen and oxygen atoms in total. The van der Waals surface area contributed by atoms with Gasteiger partial charge in [0.15, 0.2) is 0 Å². The fraction of sp³-hybridized carbons (Fsp3) is 0.241. The van der Waals surface area contributed by atoms with Gasteiger partial charge in [0.2, 0.25) is 0 Å². The van der Waals surface area contributed by atoms with Crippen molar-refractivity contribution in [1.29, 1.82) is 0 Å². The second-order valence-electron chi connectivity index (χ2n) is 9.28. The summed E-state index contributed by atoms with van der Waals surface area (Å²) in [5.74, 6) is -1.70. The lowest BCUT2D eigenvalue weighted by Crippen LogP contribution is -2.29. The summed E-state index contributed by atoms with van der Waals surface area (Å²) in [7, 11) is 3.83. The Morgan fingerprint density at radius 2 is 1.64 bits per heavy atom. The van der Waals surface area contributed by atoms with Crippen LogP contribution in [0.2, 0.25) is 0 Å². The van der Waals surface area contributed by atoms with Crippen LogP contribution in [0.25, 0.3) is 5.76 Å². The summed E-state index contributed by atoms with van der Waals surface area (Å²) in [6.45, 7) is 5.41. The number of aliphatic hydroxyl groups is 1. The van der Waals surface area contributed by atoms with Gasteiger partial charge in [0.25, 0.3) is 11.7 Å². The molecule has 1 atom stereocenters. The van der Waals surface area contributed by atoms with E-state index in [1.807, 2.05) is 57.1 Å². The summed E-state index contributed by atoms with van der Waals surface area (Å²) in [4.78, 5) is 30.0. The molecule has 7 heteroatoms. The third-order valence-electron chi connectivity index (χ3n) is 6.09. The summed E-state index contributed by atoms with van der Waals surface area (Å²) < 4.78 is 19.6. The highest BCUT2D eigenvalue weighted by Gasteiger charge is 2.47. The Morgan fingerprint density at radius 3 is 2.19 bits per heavy atom. The third-order valence-corrected chi connectivity index (χ3v) is 6.09. The molecule has 1 fully saturated rings. The number of hydrogen-bond donors (Lipinski definition) is 1. The molecule has 3 aromatic rings. The van der Waals surface area contributed by atoms with E-state index >= 15 is 0 Å². The largest absolute Gasteiger partial charge is 0.507 e. The van der Waals surface area contributed by atoms with Crippen molar-refractivity contribution in [2.24, 2.45) is 0 Å². The lowest BCUT2D eigenvalue weighted by molar-refractivity contribution is -0.132. The van der Waals surface area contributed by atoms with Gasteiger partial charge in [-0.1, -0.05) is 12.1 Å². The number of benzene rings is 3. The van der Waals surface area contributed by atoms with Crippen LogP contribution in [0, 0.1) is 12.7 Å². The minimum Gasteiger partial charge on any atom is -0.507 e. The number of Topliss-reactive ketones (excluding diaryl/α,β-unsaturated/α-hetero) is 1. The maximum absolute atomic E-state index is 13.9. The van der Waals surface area contributed by atoms with Crippen LogP contribution in [-0.2, 0) is 9.59 Å². The van der Waals surface area contributed by atoms with E-state index < -0.39 is 23.5 Å². The zero-order chi connectivity index (χ0) is 26.1. The molecule has 1 heterocycles. The van der Waals surface area contributed by atoms with Crippen LogP contribution in [0.15, 0.2) is 72.3 Å². The first-order valence-corrected chi connectivity index (χ1v) is 11.7. The Balaban J connectivity index is 1.88. The second-order valence-corrected chi connectivity index (χ2v) is 9.28. The van der Waals surface area contributed by atoms with Gasteiger partial charge < -0.3 is 14.7 Å². The van der Waals surface area contributed by atoms with Crippen molar-refractivity contribution >= 4 is 28.8 Å². The molecular formula is C29H29FN2O4. The molecule has 1 aliphatic rings.